The van der Waals surface area contributed by atoms with Crippen LogP contribution in [0.5, 0.6) is 0 Å². The summed E-state index contributed by atoms with van der Waals surface area (Å²) >= 11 is 1.31. The van der Waals surface area contributed by atoms with E-state index in [9.17, 15) is 9.59 Å². The lowest BCUT2D eigenvalue weighted by Gasteiger charge is -2.16. The van der Waals surface area contributed by atoms with E-state index < -0.39 is 0 Å². The summed E-state index contributed by atoms with van der Waals surface area (Å²) in [6, 6.07) is 7.31. The quantitative estimate of drug-likeness (QED) is 0.625. The van der Waals surface area contributed by atoms with Crippen LogP contribution >= 0.6 is 11.8 Å². The Hall–Kier alpha value is -1.66. The molecule has 3 rings (SSSR count). The van der Waals surface area contributed by atoms with Gasteiger partial charge in [-0.15, -0.1) is 0 Å². The summed E-state index contributed by atoms with van der Waals surface area (Å²) in [6.45, 7) is 2.78. The van der Waals surface area contributed by atoms with Gasteiger partial charge in [-0.2, -0.15) is 0 Å². The zero-order valence-electron chi connectivity index (χ0n) is 12.4. The zero-order chi connectivity index (χ0) is 15.5. The first-order chi connectivity index (χ1) is 10.6. The second kappa shape index (κ2) is 6.62. The molecule has 6 heteroatoms. The standard InChI is InChI=1S/C16H18N2O3S/c1-11(19)10-22-16-17-14-7-3-2-6-13(14)15(20)18(16)9-12-5-4-8-21-12/h2-3,6-7,12H,4-5,8-10H2,1H3/t12-/m1/s1. The van der Waals surface area contributed by atoms with Gasteiger partial charge in [-0.3, -0.25) is 14.2 Å². The number of hydrogen-bond donors (Lipinski definition) is 0. The average Bonchev–Trinajstić information content (AvgIpc) is 3.01. The number of hydrogen-bond acceptors (Lipinski definition) is 5. The molecule has 2 heterocycles. The van der Waals surface area contributed by atoms with Crippen molar-refractivity contribution >= 4 is 28.4 Å². The number of Topliss-reactive ketones (excluding diaryl/α,β-unsaturated/α-hetero) is 1. The third kappa shape index (κ3) is 3.23. The fourth-order valence-electron chi connectivity index (χ4n) is 2.58. The van der Waals surface area contributed by atoms with E-state index in [2.05, 4.69) is 4.98 Å². The summed E-state index contributed by atoms with van der Waals surface area (Å²) in [5, 5.41) is 1.20. The van der Waals surface area contributed by atoms with Crippen molar-refractivity contribution in [3.63, 3.8) is 0 Å². The van der Waals surface area contributed by atoms with Crippen molar-refractivity contribution in [3.8, 4) is 0 Å². The van der Waals surface area contributed by atoms with Gasteiger partial charge in [-0.05, 0) is 31.9 Å². The lowest BCUT2D eigenvalue weighted by Crippen LogP contribution is -2.29. The molecule has 0 unspecified atom stereocenters. The highest BCUT2D eigenvalue weighted by molar-refractivity contribution is 7.99. The van der Waals surface area contributed by atoms with Crippen LogP contribution in [0.4, 0.5) is 0 Å². The van der Waals surface area contributed by atoms with E-state index >= 15 is 0 Å². The Bertz CT molecular complexity index is 751. The van der Waals surface area contributed by atoms with Crippen molar-refractivity contribution in [2.75, 3.05) is 12.4 Å². The molecule has 0 bridgehead atoms. The van der Waals surface area contributed by atoms with Crippen LogP contribution in [0.1, 0.15) is 19.8 Å². The van der Waals surface area contributed by atoms with Crippen LogP contribution in [0.2, 0.25) is 0 Å². The number of ether oxygens (including phenoxy) is 1. The van der Waals surface area contributed by atoms with Crippen LogP contribution in [0, 0.1) is 0 Å². The zero-order valence-corrected chi connectivity index (χ0v) is 13.3. The molecule has 1 aromatic heterocycles. The second-order valence-electron chi connectivity index (χ2n) is 5.45. The molecule has 1 aromatic carbocycles. The number of carbonyl (C=O) groups excluding carboxylic acids is 1. The summed E-state index contributed by atoms with van der Waals surface area (Å²) in [5.74, 6) is 0.382. The maximum absolute atomic E-state index is 12.8. The number of carbonyl (C=O) groups is 1. The van der Waals surface area contributed by atoms with Gasteiger partial charge in [0.25, 0.3) is 5.56 Å². The highest BCUT2D eigenvalue weighted by Gasteiger charge is 2.20. The minimum Gasteiger partial charge on any atom is -0.376 e. The van der Waals surface area contributed by atoms with Crippen molar-refractivity contribution < 1.29 is 9.53 Å². The summed E-state index contributed by atoms with van der Waals surface area (Å²) in [4.78, 5) is 28.6. The number of para-hydroxylation sites is 1. The van der Waals surface area contributed by atoms with Gasteiger partial charge in [0, 0.05) is 6.61 Å². The molecule has 0 aliphatic carbocycles. The molecule has 2 aromatic rings. The predicted octanol–water partition coefficient (Wildman–Crippen LogP) is 2.26. The van der Waals surface area contributed by atoms with E-state index in [0.29, 0.717) is 28.4 Å². The van der Waals surface area contributed by atoms with Crippen molar-refractivity contribution in [2.24, 2.45) is 0 Å². The van der Waals surface area contributed by atoms with Crippen LogP contribution in [0.3, 0.4) is 0 Å². The van der Waals surface area contributed by atoms with Gasteiger partial charge >= 0.3 is 0 Å². The van der Waals surface area contributed by atoms with Crippen LogP contribution in [0.15, 0.2) is 34.2 Å². The Balaban J connectivity index is 2.03. The first-order valence-corrected chi connectivity index (χ1v) is 8.37. The molecule has 0 spiro atoms. The second-order valence-corrected chi connectivity index (χ2v) is 6.40. The van der Waals surface area contributed by atoms with E-state index in [-0.39, 0.29) is 17.4 Å². The third-order valence-corrected chi connectivity index (χ3v) is 4.76. The number of thioether (sulfide) groups is 1. The Kier molecular flexibility index (Phi) is 4.59. The fourth-order valence-corrected chi connectivity index (χ4v) is 3.39. The van der Waals surface area contributed by atoms with Crippen molar-refractivity contribution in [3.05, 3.63) is 34.6 Å². The lowest BCUT2D eigenvalue weighted by molar-refractivity contribution is -0.114. The van der Waals surface area contributed by atoms with Gasteiger partial charge in [0.1, 0.15) is 5.78 Å². The molecule has 0 saturated carbocycles. The van der Waals surface area contributed by atoms with Gasteiger partial charge in [0.15, 0.2) is 5.16 Å². The molecular weight excluding hydrogens is 300 g/mol. The first kappa shape index (κ1) is 15.2. The number of ketones is 1. The summed E-state index contributed by atoms with van der Waals surface area (Å²) in [7, 11) is 0. The van der Waals surface area contributed by atoms with E-state index in [0.717, 1.165) is 19.4 Å². The Morgan fingerprint density at radius 1 is 1.45 bits per heavy atom. The van der Waals surface area contributed by atoms with Crippen LogP contribution in [0.25, 0.3) is 10.9 Å². The van der Waals surface area contributed by atoms with E-state index in [4.69, 9.17) is 4.74 Å². The minimum atomic E-state index is -0.0628. The normalized spacial score (nSPS) is 18.0. The highest BCUT2D eigenvalue weighted by Crippen LogP contribution is 2.20. The molecule has 0 amide bonds. The number of rotatable bonds is 5. The Morgan fingerprint density at radius 3 is 3.00 bits per heavy atom. The largest absolute Gasteiger partial charge is 0.376 e. The van der Waals surface area contributed by atoms with Crippen LogP contribution in [-0.4, -0.2) is 33.8 Å². The maximum Gasteiger partial charge on any atom is 0.262 e. The average molecular weight is 318 g/mol. The first-order valence-electron chi connectivity index (χ1n) is 7.38. The Labute approximate surface area is 132 Å². The molecule has 22 heavy (non-hydrogen) atoms. The predicted molar refractivity (Wildman–Crippen MR) is 86.4 cm³/mol. The molecule has 0 N–H and O–H groups in total. The number of nitrogens with zero attached hydrogens (tertiary/aromatic N) is 2. The van der Waals surface area contributed by atoms with E-state index in [1.165, 1.54) is 18.7 Å². The maximum atomic E-state index is 12.8. The van der Waals surface area contributed by atoms with Gasteiger partial charge in [-0.1, -0.05) is 23.9 Å². The molecule has 1 aliphatic rings. The number of fused-ring (bicyclic) bond motifs is 1. The molecular formula is C16H18N2O3S. The smallest absolute Gasteiger partial charge is 0.262 e. The van der Waals surface area contributed by atoms with Gasteiger partial charge < -0.3 is 4.74 Å². The number of benzene rings is 1. The monoisotopic (exact) mass is 318 g/mol. The van der Waals surface area contributed by atoms with Crippen LogP contribution < -0.4 is 5.56 Å². The molecule has 1 fully saturated rings. The molecule has 116 valence electrons. The molecule has 5 nitrogen and oxygen atoms in total. The number of aromatic nitrogens is 2. The topological polar surface area (TPSA) is 61.2 Å². The molecule has 1 atom stereocenters. The summed E-state index contributed by atoms with van der Waals surface area (Å²) < 4.78 is 7.30. The molecule has 0 radical (unpaired) electrons. The van der Waals surface area contributed by atoms with Crippen LogP contribution in [-0.2, 0) is 16.1 Å². The third-order valence-electron chi connectivity index (χ3n) is 3.64. The fraction of sp³-hybridized carbons (Fsp3) is 0.438. The summed E-state index contributed by atoms with van der Waals surface area (Å²) in [5.41, 5.74) is 0.606. The van der Waals surface area contributed by atoms with Crippen molar-refractivity contribution in [1.29, 1.82) is 0 Å². The van der Waals surface area contributed by atoms with E-state index in [1.807, 2.05) is 18.2 Å². The Morgan fingerprint density at radius 2 is 2.27 bits per heavy atom. The SMILES string of the molecule is CC(=O)CSc1nc2ccccc2c(=O)n1C[C@H]1CCCO1. The lowest BCUT2D eigenvalue weighted by atomic mass is 10.2. The van der Waals surface area contributed by atoms with Gasteiger partial charge in [0.05, 0.1) is 29.3 Å². The molecule has 1 saturated heterocycles. The van der Waals surface area contributed by atoms with Crippen molar-refractivity contribution in [2.45, 2.75) is 37.6 Å². The highest BCUT2D eigenvalue weighted by atomic mass is 32.2. The summed E-state index contributed by atoms with van der Waals surface area (Å²) in [6.07, 6.45) is 2.03. The van der Waals surface area contributed by atoms with Gasteiger partial charge in [-0.25, -0.2) is 4.98 Å². The van der Waals surface area contributed by atoms with E-state index in [1.54, 1.807) is 10.6 Å². The van der Waals surface area contributed by atoms with Gasteiger partial charge in [0.2, 0.25) is 0 Å². The molecule has 1 aliphatic heterocycles. The minimum absolute atomic E-state index is 0.0531. The van der Waals surface area contributed by atoms with Crippen molar-refractivity contribution in [1.82, 2.24) is 9.55 Å².